The number of nitrogens with two attached hydrogens (primary N) is 1. The maximum atomic E-state index is 5.47. The third-order valence-corrected chi connectivity index (χ3v) is 4.52. The number of fused-ring (bicyclic) bond motifs is 4. The minimum atomic E-state index is 0.669. The summed E-state index contributed by atoms with van der Waals surface area (Å²) < 4.78 is 5.16. The Kier molecular flexibility index (Phi) is 2.91. The zero-order valence-corrected chi connectivity index (χ0v) is 12.2. The van der Waals surface area contributed by atoms with E-state index in [1.165, 1.54) is 17.1 Å². The van der Waals surface area contributed by atoms with Crippen LogP contribution in [0.2, 0.25) is 0 Å². The van der Waals surface area contributed by atoms with Crippen molar-refractivity contribution in [3.63, 3.8) is 0 Å². The third-order valence-electron chi connectivity index (χ3n) is 3.41. The van der Waals surface area contributed by atoms with Crippen LogP contribution in [-0.2, 0) is 6.42 Å². The number of hydrogen-bond acceptors (Lipinski definition) is 6. The van der Waals surface area contributed by atoms with E-state index in [0.29, 0.717) is 12.1 Å². The smallest absolute Gasteiger partial charge is 0.109 e. The molecule has 0 saturated heterocycles. The highest BCUT2D eigenvalue weighted by atomic mass is 32.1. The second-order valence-corrected chi connectivity index (χ2v) is 5.85. The molecule has 0 atom stereocenters. The van der Waals surface area contributed by atoms with Crippen LogP contribution >= 0.6 is 23.8 Å². The molecule has 0 spiro atoms. The van der Waals surface area contributed by atoms with E-state index in [1.54, 1.807) is 0 Å². The van der Waals surface area contributed by atoms with E-state index in [-0.39, 0.29) is 0 Å². The number of allylic oxidation sites excluding steroid dienone is 1. The Labute approximate surface area is 120 Å². The molecule has 2 N–H and O–H groups in total. The summed E-state index contributed by atoms with van der Waals surface area (Å²) in [5.41, 5.74) is 6.09. The number of nitrogens with zero attached hydrogens (tertiary/aromatic N) is 3. The van der Waals surface area contributed by atoms with Gasteiger partial charge in [-0.25, -0.2) is 0 Å². The van der Waals surface area contributed by atoms with Crippen molar-refractivity contribution in [2.24, 2.45) is 10.9 Å². The molecule has 3 rings (SSSR count). The van der Waals surface area contributed by atoms with Gasteiger partial charge in [-0.3, -0.25) is 0 Å². The molecular weight excluding hydrogens is 276 g/mol. The van der Waals surface area contributed by atoms with Gasteiger partial charge in [-0.05, 0) is 59.8 Å². The first-order valence-electron chi connectivity index (χ1n) is 5.86. The molecule has 96 valence electrons. The van der Waals surface area contributed by atoms with Crippen LogP contribution in [-0.4, -0.2) is 20.2 Å². The fourth-order valence-electron chi connectivity index (χ4n) is 2.38. The average molecular weight is 288 g/mol. The number of rotatable bonds is 0. The Morgan fingerprint density at radius 2 is 2.21 bits per heavy atom. The Hall–Kier alpha value is -1.66. The minimum absolute atomic E-state index is 0.669. The first-order chi connectivity index (χ1) is 9.11. The highest BCUT2D eigenvalue weighted by Crippen LogP contribution is 2.30. The summed E-state index contributed by atoms with van der Waals surface area (Å²) in [7, 11) is 0. The Morgan fingerprint density at radius 1 is 1.42 bits per heavy atom. The molecule has 0 saturated carbocycles. The topological polar surface area (TPSA) is 64.2 Å². The van der Waals surface area contributed by atoms with E-state index >= 15 is 0 Å². The molecule has 1 aromatic carbocycles. The molecule has 0 radical (unpaired) electrons. The summed E-state index contributed by atoms with van der Waals surface area (Å²) in [6.45, 7) is 4.03. The van der Waals surface area contributed by atoms with Gasteiger partial charge in [0.05, 0.1) is 10.4 Å². The van der Waals surface area contributed by atoms with Gasteiger partial charge in [0.15, 0.2) is 0 Å². The second kappa shape index (κ2) is 4.47. The van der Waals surface area contributed by atoms with Gasteiger partial charge in [0.25, 0.3) is 0 Å². The van der Waals surface area contributed by atoms with Crippen LogP contribution in [0.4, 0.5) is 0 Å². The number of aromatic nitrogens is 2. The Bertz CT molecular complexity index is 755. The Balaban J connectivity index is 2.38. The zero-order valence-electron chi connectivity index (χ0n) is 10.6. The summed E-state index contributed by atoms with van der Waals surface area (Å²) in [5.74, 6) is 5.47. The molecule has 1 aliphatic carbocycles. The Morgan fingerprint density at radius 3 is 2.95 bits per heavy atom. The average Bonchev–Trinajstić information content (AvgIpc) is 2.83. The largest absolute Gasteiger partial charge is 0.323 e. The quantitative estimate of drug-likeness (QED) is 0.460. The third kappa shape index (κ3) is 1.87. The molecule has 1 heterocycles. The monoisotopic (exact) mass is 288 g/mol. The molecule has 4 nitrogen and oxygen atoms in total. The molecule has 1 aliphatic rings. The van der Waals surface area contributed by atoms with Crippen LogP contribution in [0.5, 0.6) is 0 Å². The summed E-state index contributed by atoms with van der Waals surface area (Å²) in [5, 5.41) is 8.06. The summed E-state index contributed by atoms with van der Waals surface area (Å²) >= 11 is 6.85. The molecule has 0 unspecified atom stereocenters. The van der Waals surface area contributed by atoms with Crippen LogP contribution in [0.25, 0.3) is 16.3 Å². The maximum Gasteiger partial charge on any atom is 0.109 e. The lowest BCUT2D eigenvalue weighted by Crippen LogP contribution is -2.19. The molecule has 2 bridgehead atoms. The summed E-state index contributed by atoms with van der Waals surface area (Å²) in [6, 6.07) is 2.17. The molecule has 2 aromatic rings. The van der Waals surface area contributed by atoms with Crippen molar-refractivity contribution < 1.29 is 0 Å². The highest BCUT2D eigenvalue weighted by molar-refractivity contribution is 7.82. The van der Waals surface area contributed by atoms with E-state index in [1.807, 2.05) is 6.92 Å². The molecule has 19 heavy (non-hydrogen) atoms. The van der Waals surface area contributed by atoms with Crippen molar-refractivity contribution in [2.45, 2.75) is 20.3 Å². The standard InChI is InChI=1S/C13H12N4S2/c1-6-3-9-4-8(5-10(18)11(6)15-14)7(2)12-13(9)19-17-16-12/h3-4H,5,14H2,1-2H3. The van der Waals surface area contributed by atoms with Gasteiger partial charge >= 0.3 is 0 Å². The lowest BCUT2D eigenvalue weighted by molar-refractivity contribution is 1.17. The molecule has 6 heteroatoms. The van der Waals surface area contributed by atoms with Gasteiger partial charge in [-0.2, -0.15) is 5.10 Å². The van der Waals surface area contributed by atoms with Crippen molar-refractivity contribution in [1.29, 1.82) is 0 Å². The maximum absolute atomic E-state index is 5.47. The molecule has 0 fully saturated rings. The van der Waals surface area contributed by atoms with Crippen LogP contribution in [0.1, 0.15) is 23.6 Å². The van der Waals surface area contributed by atoms with Crippen LogP contribution in [0.15, 0.2) is 16.7 Å². The van der Waals surface area contributed by atoms with Crippen LogP contribution in [0, 0.1) is 6.92 Å². The van der Waals surface area contributed by atoms with Gasteiger partial charge < -0.3 is 5.84 Å². The zero-order chi connectivity index (χ0) is 13.6. The van der Waals surface area contributed by atoms with Gasteiger partial charge in [0.2, 0.25) is 0 Å². The minimum Gasteiger partial charge on any atom is -0.323 e. The molecule has 1 aromatic heterocycles. The first-order valence-corrected chi connectivity index (χ1v) is 7.04. The highest BCUT2D eigenvalue weighted by Gasteiger charge is 2.19. The summed E-state index contributed by atoms with van der Waals surface area (Å²) in [6.07, 6.45) is 2.73. The molecule has 0 aliphatic heterocycles. The second-order valence-electron chi connectivity index (χ2n) is 4.61. The fourth-order valence-corrected chi connectivity index (χ4v) is 3.46. The van der Waals surface area contributed by atoms with Crippen molar-refractivity contribution in [1.82, 2.24) is 9.59 Å². The van der Waals surface area contributed by atoms with Gasteiger partial charge in [-0.1, -0.05) is 16.7 Å². The van der Waals surface area contributed by atoms with E-state index in [0.717, 1.165) is 31.8 Å². The van der Waals surface area contributed by atoms with Crippen molar-refractivity contribution in [3.8, 4) is 0 Å². The number of benzene rings is 1. The molecular formula is C13H12N4S2. The SMILES string of the molecule is CC1=Cc2cc(c(C)c3nnsc23)CC(=S)C1=NN. The number of hydrazone groups is 1. The number of aryl methyl sites for hydroxylation is 1. The van der Waals surface area contributed by atoms with Crippen molar-refractivity contribution in [3.05, 3.63) is 28.3 Å². The van der Waals surface area contributed by atoms with Crippen LogP contribution in [0.3, 0.4) is 0 Å². The van der Waals surface area contributed by atoms with Gasteiger partial charge in [0, 0.05) is 11.3 Å². The lowest BCUT2D eigenvalue weighted by atomic mass is 9.92. The number of thiocarbonyl (C=S) groups is 1. The number of hydrogen-bond donors (Lipinski definition) is 1. The van der Waals surface area contributed by atoms with E-state index in [4.69, 9.17) is 18.1 Å². The predicted octanol–water partition coefficient (Wildman–Crippen LogP) is 2.64. The van der Waals surface area contributed by atoms with Crippen molar-refractivity contribution >= 4 is 50.6 Å². The first kappa shape index (κ1) is 12.4. The predicted molar refractivity (Wildman–Crippen MR) is 83.7 cm³/mol. The fraction of sp³-hybridized carbons (Fsp3) is 0.231. The normalized spacial score (nSPS) is 17.5. The van der Waals surface area contributed by atoms with E-state index in [9.17, 15) is 0 Å². The van der Waals surface area contributed by atoms with Crippen molar-refractivity contribution in [2.75, 3.05) is 0 Å². The molecule has 0 amide bonds. The van der Waals surface area contributed by atoms with E-state index in [2.05, 4.69) is 33.8 Å². The van der Waals surface area contributed by atoms with Crippen LogP contribution < -0.4 is 5.84 Å². The van der Waals surface area contributed by atoms with E-state index < -0.39 is 0 Å². The van der Waals surface area contributed by atoms with Gasteiger partial charge in [-0.15, -0.1) is 5.10 Å². The summed E-state index contributed by atoms with van der Waals surface area (Å²) in [4.78, 5) is 0.771. The van der Waals surface area contributed by atoms with Gasteiger partial charge in [0.1, 0.15) is 5.52 Å². The lowest BCUT2D eigenvalue weighted by Gasteiger charge is -2.15.